The van der Waals surface area contributed by atoms with E-state index in [0.29, 0.717) is 33.3 Å². The van der Waals surface area contributed by atoms with Crippen LogP contribution in [0.5, 0.6) is 5.75 Å². The number of thiophene rings is 1. The molecule has 1 amide bonds. The number of carbonyl (C=O) groups excluding carboxylic acids is 2. The molecule has 5 rings (SSSR count). The molecule has 4 heterocycles. The number of carbonyl (C=O) groups is 2. The molecule has 0 saturated heterocycles. The van der Waals surface area contributed by atoms with E-state index in [0.717, 1.165) is 21.4 Å². The van der Waals surface area contributed by atoms with Crippen molar-refractivity contribution >= 4 is 51.7 Å². The van der Waals surface area contributed by atoms with Crippen LogP contribution < -0.4 is 15.6 Å². The Bertz CT molecular complexity index is 1610. The molecule has 3 aromatic heterocycles. The lowest BCUT2D eigenvalue weighted by Gasteiger charge is -2.11. The van der Waals surface area contributed by atoms with Gasteiger partial charge in [-0.2, -0.15) is 5.10 Å². The highest BCUT2D eigenvalue weighted by Gasteiger charge is 2.26. The second-order valence-electron chi connectivity index (χ2n) is 9.23. The molecule has 10 heteroatoms. The van der Waals surface area contributed by atoms with E-state index >= 15 is 0 Å². The third kappa shape index (κ3) is 5.10. The highest BCUT2D eigenvalue weighted by molar-refractivity contribution is 7.17. The summed E-state index contributed by atoms with van der Waals surface area (Å²) in [5, 5.41) is 8.42. The van der Waals surface area contributed by atoms with Gasteiger partial charge in [0, 0.05) is 39.9 Å². The van der Waals surface area contributed by atoms with Crippen molar-refractivity contribution in [3.63, 3.8) is 0 Å². The number of H-pyrrole nitrogens is 1. The first kappa shape index (κ1) is 25.0. The Kier molecular flexibility index (Phi) is 6.74. The molecule has 0 saturated carbocycles. The van der Waals surface area contributed by atoms with Crippen molar-refractivity contribution in [1.29, 1.82) is 0 Å². The van der Waals surface area contributed by atoms with Crippen LogP contribution in [0.3, 0.4) is 0 Å². The summed E-state index contributed by atoms with van der Waals surface area (Å²) in [5.41, 5.74) is 2.62. The van der Waals surface area contributed by atoms with Crippen molar-refractivity contribution in [3.05, 3.63) is 74.0 Å². The van der Waals surface area contributed by atoms with Crippen molar-refractivity contribution in [2.24, 2.45) is 0 Å². The molecule has 0 spiro atoms. The quantitative estimate of drug-likeness (QED) is 0.255. The van der Waals surface area contributed by atoms with Crippen LogP contribution in [0.4, 0.5) is 0 Å². The molecule has 4 aromatic rings. The summed E-state index contributed by atoms with van der Waals surface area (Å²) in [6.07, 6.45) is 4.84. The molecule has 2 N–H and O–H groups in total. The van der Waals surface area contributed by atoms with Gasteiger partial charge in [-0.1, -0.05) is 11.6 Å². The van der Waals surface area contributed by atoms with E-state index in [-0.39, 0.29) is 35.9 Å². The van der Waals surface area contributed by atoms with Gasteiger partial charge in [0.1, 0.15) is 17.5 Å². The molecule has 1 aliphatic rings. The minimum atomic E-state index is -0.334. The maximum absolute atomic E-state index is 12.5. The fourth-order valence-electron chi connectivity index (χ4n) is 4.30. The molecule has 190 valence electrons. The average Bonchev–Trinajstić information content (AvgIpc) is 3.59. The third-order valence-electron chi connectivity index (χ3n) is 6.13. The first-order chi connectivity index (χ1) is 17.7. The molecule has 8 nitrogen and oxygen atoms in total. The summed E-state index contributed by atoms with van der Waals surface area (Å²) in [4.78, 5) is 41.1. The van der Waals surface area contributed by atoms with Gasteiger partial charge in [-0.3, -0.25) is 14.4 Å². The fourth-order valence-corrected chi connectivity index (χ4v) is 5.48. The van der Waals surface area contributed by atoms with E-state index in [9.17, 15) is 14.4 Å². The molecule has 1 unspecified atom stereocenters. The highest BCUT2D eigenvalue weighted by Crippen LogP contribution is 2.41. The lowest BCUT2D eigenvalue weighted by atomic mass is 10.1. The van der Waals surface area contributed by atoms with E-state index in [1.54, 1.807) is 23.9 Å². The number of rotatable bonds is 7. The normalized spacial score (nSPS) is 14.9. The number of ether oxygens (including phenoxy) is 1. The summed E-state index contributed by atoms with van der Waals surface area (Å²) in [7, 11) is 0. The molecule has 1 atom stereocenters. The van der Waals surface area contributed by atoms with Crippen LogP contribution >= 0.6 is 22.9 Å². The van der Waals surface area contributed by atoms with E-state index in [2.05, 4.69) is 15.4 Å². The van der Waals surface area contributed by atoms with E-state index < -0.39 is 0 Å². The Morgan fingerprint density at radius 2 is 2.14 bits per heavy atom. The Hall–Kier alpha value is -3.69. The molecule has 37 heavy (non-hydrogen) atoms. The monoisotopic (exact) mass is 536 g/mol. The molecule has 1 aromatic carbocycles. The second kappa shape index (κ2) is 9.99. The molecule has 0 radical (unpaired) electrons. The van der Waals surface area contributed by atoms with Crippen LogP contribution in [0, 0.1) is 0 Å². The van der Waals surface area contributed by atoms with Crippen molar-refractivity contribution in [2.45, 2.75) is 39.3 Å². The van der Waals surface area contributed by atoms with Gasteiger partial charge in [-0.15, -0.1) is 11.3 Å². The maximum atomic E-state index is 12.5. The lowest BCUT2D eigenvalue weighted by Crippen LogP contribution is -2.33. The van der Waals surface area contributed by atoms with Crippen LogP contribution in [0.2, 0.25) is 5.02 Å². The average molecular weight is 537 g/mol. The zero-order valence-corrected chi connectivity index (χ0v) is 22.1. The van der Waals surface area contributed by atoms with E-state index in [4.69, 9.17) is 16.3 Å². The Morgan fingerprint density at radius 1 is 1.32 bits per heavy atom. The number of ketones is 1. The molecule has 1 aliphatic heterocycles. The molecule has 0 bridgehead atoms. The standard InChI is InChI=1S/C27H25ClN4O4S/c1-14(2)32-26-19(12-30-32)8-16(27(35)31-26)4-7-24(34)29-13-20-10-18-9-17(11-21(28)25(18)36-20)23-6-5-22(37-23)15(3)33/h4-9,11-12,14,20H,10,13H2,1-3H3,(H,29,34)(H,31,35). The molecule has 0 aliphatic carbocycles. The van der Waals surface area contributed by atoms with Gasteiger partial charge in [0.25, 0.3) is 5.56 Å². The maximum Gasteiger partial charge on any atom is 0.256 e. The third-order valence-corrected chi connectivity index (χ3v) is 7.64. The number of Topliss-reactive ketones (excluding diaryl/α,β-unsaturated/α-hetero) is 1. The minimum Gasteiger partial charge on any atom is -0.486 e. The van der Waals surface area contributed by atoms with Crippen molar-refractivity contribution in [1.82, 2.24) is 20.1 Å². The number of amides is 1. The minimum absolute atomic E-state index is 0.0316. The van der Waals surface area contributed by atoms with Gasteiger partial charge in [0.05, 0.1) is 22.6 Å². The van der Waals surface area contributed by atoms with Gasteiger partial charge >= 0.3 is 0 Å². The van der Waals surface area contributed by atoms with Crippen molar-refractivity contribution in [2.75, 3.05) is 6.54 Å². The number of hydrogen-bond acceptors (Lipinski definition) is 6. The van der Waals surface area contributed by atoms with Crippen LogP contribution in [0.15, 0.2) is 47.4 Å². The lowest BCUT2D eigenvalue weighted by molar-refractivity contribution is -0.116. The SMILES string of the molecule is CC(=O)c1ccc(-c2cc(Cl)c3c(c2)CC(CNC(=O)C=Cc2cc4cnn(C(C)C)c4[nH]c2=O)O3)s1. The molecule has 0 fully saturated rings. The number of halogens is 1. The van der Waals surface area contributed by atoms with Crippen LogP contribution in [-0.4, -0.2) is 39.1 Å². The second-order valence-corrected chi connectivity index (χ2v) is 10.7. The summed E-state index contributed by atoms with van der Waals surface area (Å²) in [6, 6.07) is 9.41. The van der Waals surface area contributed by atoms with Crippen molar-refractivity contribution < 1.29 is 14.3 Å². The Morgan fingerprint density at radius 3 is 2.86 bits per heavy atom. The molecular formula is C27H25ClN4O4S. The summed E-state index contributed by atoms with van der Waals surface area (Å²) >= 11 is 7.92. The van der Waals surface area contributed by atoms with E-state index in [1.807, 2.05) is 38.1 Å². The van der Waals surface area contributed by atoms with Gasteiger partial charge < -0.3 is 15.0 Å². The summed E-state index contributed by atoms with van der Waals surface area (Å²) in [6.45, 7) is 5.80. The Balaban J connectivity index is 1.22. The zero-order chi connectivity index (χ0) is 26.3. The van der Waals surface area contributed by atoms with Gasteiger partial charge in [0.15, 0.2) is 5.78 Å². The van der Waals surface area contributed by atoms with Crippen LogP contribution in [0.1, 0.15) is 47.6 Å². The number of aromatic nitrogens is 3. The van der Waals surface area contributed by atoms with Gasteiger partial charge in [0.2, 0.25) is 5.91 Å². The number of pyridine rings is 1. The smallest absolute Gasteiger partial charge is 0.256 e. The first-order valence-electron chi connectivity index (χ1n) is 11.9. The number of fused-ring (bicyclic) bond motifs is 2. The number of hydrogen-bond donors (Lipinski definition) is 2. The zero-order valence-electron chi connectivity index (χ0n) is 20.5. The number of nitrogens with one attached hydrogen (secondary N) is 2. The first-order valence-corrected chi connectivity index (χ1v) is 13.1. The van der Waals surface area contributed by atoms with E-state index in [1.165, 1.54) is 23.5 Å². The van der Waals surface area contributed by atoms with Crippen LogP contribution in [0.25, 0.3) is 27.6 Å². The topological polar surface area (TPSA) is 106 Å². The predicted octanol–water partition coefficient (Wildman–Crippen LogP) is 5.02. The van der Waals surface area contributed by atoms with Crippen LogP contribution in [-0.2, 0) is 11.2 Å². The number of benzene rings is 1. The van der Waals surface area contributed by atoms with Crippen molar-refractivity contribution in [3.8, 4) is 16.2 Å². The highest BCUT2D eigenvalue weighted by atomic mass is 35.5. The number of nitrogens with zero attached hydrogens (tertiary/aromatic N) is 2. The summed E-state index contributed by atoms with van der Waals surface area (Å²) in [5.74, 6) is 0.313. The predicted molar refractivity (Wildman–Crippen MR) is 146 cm³/mol. The largest absolute Gasteiger partial charge is 0.486 e. The Labute approximate surface area is 221 Å². The van der Waals surface area contributed by atoms with Gasteiger partial charge in [-0.25, -0.2) is 4.68 Å². The fraction of sp³-hybridized carbons (Fsp3) is 0.259. The van der Waals surface area contributed by atoms with Gasteiger partial charge in [-0.05, 0) is 62.7 Å². The summed E-state index contributed by atoms with van der Waals surface area (Å²) < 4.78 is 7.73. The number of aromatic amines is 1. The molecular weight excluding hydrogens is 512 g/mol.